The number of hydrogen-bond donors (Lipinski definition) is 0. The van der Waals surface area contributed by atoms with Crippen LogP contribution >= 0.6 is 15.9 Å². The molecule has 0 fully saturated rings. The fraction of sp³-hybridized carbons (Fsp3) is 0. The number of rotatable bonds is 1. The van der Waals surface area contributed by atoms with E-state index in [1.54, 1.807) is 0 Å². The maximum absolute atomic E-state index is 9.09. The summed E-state index contributed by atoms with van der Waals surface area (Å²) in [7, 11) is 0. The zero-order chi connectivity index (χ0) is 15.8. The van der Waals surface area contributed by atoms with E-state index in [4.69, 9.17) is 10.2 Å². The number of aromatic nitrogens is 1. The quantitative estimate of drug-likeness (QED) is 0.410. The summed E-state index contributed by atoms with van der Waals surface area (Å²) in [6.07, 6.45) is 0. The molecule has 0 aliphatic carbocycles. The summed E-state index contributed by atoms with van der Waals surface area (Å²) >= 11 is 3.62. The average molecular weight is 359 g/mol. The molecule has 0 unspecified atom stereocenters. The fourth-order valence-corrected chi connectivity index (χ4v) is 3.49. The third-order valence-corrected chi connectivity index (χ3v) is 4.61. The minimum Gasteiger partial charge on any atom is -0.248 e. The Labute approximate surface area is 142 Å². The van der Waals surface area contributed by atoms with E-state index < -0.39 is 0 Å². The Morgan fingerprint density at radius 2 is 1.43 bits per heavy atom. The molecular formula is C20H11BrN2. The molecule has 0 spiro atoms. The van der Waals surface area contributed by atoms with E-state index in [2.05, 4.69) is 34.1 Å². The molecule has 0 N–H and O–H groups in total. The molecule has 4 rings (SSSR count). The second kappa shape index (κ2) is 5.49. The molecule has 0 aliphatic heterocycles. The summed E-state index contributed by atoms with van der Waals surface area (Å²) in [6.45, 7) is 0. The van der Waals surface area contributed by atoms with Gasteiger partial charge >= 0.3 is 0 Å². The minimum atomic E-state index is 0.642. The van der Waals surface area contributed by atoms with Crippen LogP contribution in [0.5, 0.6) is 0 Å². The third kappa shape index (κ3) is 2.28. The van der Waals surface area contributed by atoms with Crippen molar-refractivity contribution in [3.8, 4) is 17.2 Å². The Bertz CT molecular complexity index is 1040. The van der Waals surface area contributed by atoms with Crippen molar-refractivity contribution in [3.05, 3.63) is 76.8 Å². The van der Waals surface area contributed by atoms with E-state index in [0.29, 0.717) is 5.56 Å². The summed E-state index contributed by atoms with van der Waals surface area (Å²) in [5, 5.41) is 11.3. The monoisotopic (exact) mass is 358 g/mol. The van der Waals surface area contributed by atoms with Crippen molar-refractivity contribution in [2.75, 3.05) is 0 Å². The lowest BCUT2D eigenvalue weighted by Crippen LogP contribution is -1.90. The highest BCUT2D eigenvalue weighted by Crippen LogP contribution is 2.38. The molecule has 0 atom stereocenters. The first-order valence-corrected chi connectivity index (χ1v) is 8.05. The third-order valence-electron chi connectivity index (χ3n) is 3.96. The Hall–Kier alpha value is -2.70. The van der Waals surface area contributed by atoms with E-state index in [1.165, 1.54) is 0 Å². The van der Waals surface area contributed by atoms with E-state index in [-0.39, 0.29) is 0 Å². The van der Waals surface area contributed by atoms with Gasteiger partial charge in [-0.1, -0.05) is 58.4 Å². The van der Waals surface area contributed by atoms with E-state index >= 15 is 0 Å². The van der Waals surface area contributed by atoms with Gasteiger partial charge in [0, 0.05) is 20.8 Å². The topological polar surface area (TPSA) is 36.7 Å². The highest BCUT2D eigenvalue weighted by Gasteiger charge is 2.13. The molecule has 0 radical (unpaired) electrons. The number of pyridine rings is 1. The molecule has 0 bridgehead atoms. The fourth-order valence-electron chi connectivity index (χ4n) is 2.92. The Morgan fingerprint density at radius 1 is 0.826 bits per heavy atom. The van der Waals surface area contributed by atoms with Gasteiger partial charge in [0.05, 0.1) is 22.7 Å². The van der Waals surface area contributed by atoms with Crippen LogP contribution in [0.2, 0.25) is 0 Å². The van der Waals surface area contributed by atoms with Crippen LogP contribution in [-0.4, -0.2) is 4.98 Å². The smallest absolute Gasteiger partial charge is 0.0992 e. The number of halogens is 1. The van der Waals surface area contributed by atoms with Crippen LogP contribution in [0, 0.1) is 11.3 Å². The molecule has 1 heterocycles. The van der Waals surface area contributed by atoms with Gasteiger partial charge in [-0.3, -0.25) is 0 Å². The van der Waals surface area contributed by atoms with Crippen molar-refractivity contribution in [2.24, 2.45) is 0 Å². The van der Waals surface area contributed by atoms with Crippen molar-refractivity contribution < 1.29 is 0 Å². The molecular weight excluding hydrogens is 348 g/mol. The van der Waals surface area contributed by atoms with Gasteiger partial charge in [-0.25, -0.2) is 4.98 Å². The molecule has 0 saturated heterocycles. The highest BCUT2D eigenvalue weighted by molar-refractivity contribution is 9.10. The van der Waals surface area contributed by atoms with Crippen LogP contribution in [0.1, 0.15) is 5.56 Å². The number of nitriles is 1. The predicted octanol–water partition coefficient (Wildman–Crippen LogP) is 5.69. The molecule has 4 aromatic rings. The maximum Gasteiger partial charge on any atom is 0.0992 e. The summed E-state index contributed by atoms with van der Waals surface area (Å²) in [5.74, 6) is 0. The van der Waals surface area contributed by atoms with Crippen molar-refractivity contribution in [3.63, 3.8) is 0 Å². The summed E-state index contributed by atoms with van der Waals surface area (Å²) in [6, 6.07) is 24.2. The lowest BCUT2D eigenvalue weighted by Gasteiger charge is -2.12. The van der Waals surface area contributed by atoms with Gasteiger partial charge in [0.15, 0.2) is 0 Å². The van der Waals surface area contributed by atoms with Gasteiger partial charge in [0.1, 0.15) is 0 Å². The molecule has 2 nitrogen and oxygen atoms in total. The molecule has 0 saturated carbocycles. The Kier molecular flexibility index (Phi) is 3.33. The minimum absolute atomic E-state index is 0.642. The van der Waals surface area contributed by atoms with E-state index in [0.717, 1.165) is 37.4 Å². The van der Waals surface area contributed by atoms with Gasteiger partial charge in [0.2, 0.25) is 0 Å². The largest absolute Gasteiger partial charge is 0.248 e. The maximum atomic E-state index is 9.09. The van der Waals surface area contributed by atoms with Crippen LogP contribution in [0.3, 0.4) is 0 Å². The van der Waals surface area contributed by atoms with Gasteiger partial charge < -0.3 is 0 Å². The molecule has 0 aliphatic rings. The van der Waals surface area contributed by atoms with Gasteiger partial charge in [-0.05, 0) is 29.8 Å². The predicted molar refractivity (Wildman–Crippen MR) is 97.1 cm³/mol. The van der Waals surface area contributed by atoms with Crippen LogP contribution < -0.4 is 0 Å². The zero-order valence-electron chi connectivity index (χ0n) is 12.1. The van der Waals surface area contributed by atoms with Crippen molar-refractivity contribution in [1.29, 1.82) is 5.26 Å². The average Bonchev–Trinajstić information content (AvgIpc) is 2.60. The molecule has 1 aromatic heterocycles. The first-order valence-electron chi connectivity index (χ1n) is 7.25. The Morgan fingerprint density at radius 3 is 2.00 bits per heavy atom. The summed E-state index contributed by atoms with van der Waals surface area (Å²) in [5.41, 5.74) is 4.79. The van der Waals surface area contributed by atoms with Gasteiger partial charge in [-0.15, -0.1) is 0 Å². The van der Waals surface area contributed by atoms with Crippen LogP contribution in [-0.2, 0) is 0 Å². The van der Waals surface area contributed by atoms with Gasteiger partial charge in [0.25, 0.3) is 0 Å². The molecule has 3 aromatic carbocycles. The second-order valence-corrected chi connectivity index (χ2v) is 6.18. The van der Waals surface area contributed by atoms with Gasteiger partial charge in [-0.2, -0.15) is 5.26 Å². The summed E-state index contributed by atoms with van der Waals surface area (Å²) < 4.78 is 0.915. The molecule has 0 amide bonds. The number of nitrogens with zero attached hydrogens (tertiary/aromatic N) is 2. The Balaban J connectivity index is 2.18. The lowest BCUT2D eigenvalue weighted by atomic mass is 9.95. The van der Waals surface area contributed by atoms with Crippen molar-refractivity contribution in [2.45, 2.75) is 0 Å². The number of hydrogen-bond acceptors (Lipinski definition) is 2. The van der Waals surface area contributed by atoms with Crippen molar-refractivity contribution in [1.82, 2.24) is 4.98 Å². The lowest BCUT2D eigenvalue weighted by molar-refractivity contribution is 1.47. The van der Waals surface area contributed by atoms with E-state index in [9.17, 15) is 0 Å². The normalized spacial score (nSPS) is 10.8. The van der Waals surface area contributed by atoms with Crippen LogP contribution in [0.25, 0.3) is 32.9 Å². The van der Waals surface area contributed by atoms with Crippen LogP contribution in [0.4, 0.5) is 0 Å². The molecule has 3 heteroatoms. The molecule has 23 heavy (non-hydrogen) atoms. The highest BCUT2D eigenvalue weighted by atomic mass is 79.9. The summed E-state index contributed by atoms with van der Waals surface area (Å²) in [4.78, 5) is 4.76. The SMILES string of the molecule is N#Cc1ccc(-c2c3ccccc3nc3ccccc23)c(Br)c1. The number of fused-ring (bicyclic) bond motifs is 2. The first kappa shape index (κ1) is 13.9. The second-order valence-electron chi connectivity index (χ2n) is 5.33. The zero-order valence-corrected chi connectivity index (χ0v) is 13.7. The van der Waals surface area contributed by atoms with E-state index in [1.807, 2.05) is 54.6 Å². The first-order chi connectivity index (χ1) is 11.3. The molecule has 108 valence electrons. The van der Waals surface area contributed by atoms with Crippen molar-refractivity contribution >= 4 is 37.7 Å². The standard InChI is InChI=1S/C20H11BrN2/c21-17-11-13(12-22)9-10-14(17)20-15-5-1-3-7-18(15)23-19-8-4-2-6-16(19)20/h1-11H. The van der Waals surface area contributed by atoms with Crippen LogP contribution in [0.15, 0.2) is 71.2 Å². The number of para-hydroxylation sites is 2. The number of benzene rings is 3.